The zero-order valence-corrected chi connectivity index (χ0v) is 11.4. The Morgan fingerprint density at radius 3 is 2.94 bits per heavy atom. The summed E-state index contributed by atoms with van der Waals surface area (Å²) in [6, 6.07) is 5.97. The number of halogens is 2. The summed E-state index contributed by atoms with van der Waals surface area (Å²) in [5.41, 5.74) is 1.12. The van der Waals surface area contributed by atoms with Crippen LogP contribution in [0.2, 0.25) is 0 Å². The Balaban J connectivity index is 2.16. The van der Waals surface area contributed by atoms with Gasteiger partial charge in [-0.15, -0.1) is 11.6 Å². The largest absolute Gasteiger partial charge is 0.496 e. The van der Waals surface area contributed by atoms with E-state index in [1.54, 1.807) is 7.11 Å². The number of methoxy groups -OCH3 is 1. The van der Waals surface area contributed by atoms with E-state index in [-0.39, 0.29) is 5.38 Å². The van der Waals surface area contributed by atoms with Crippen LogP contribution in [0.5, 0.6) is 5.75 Å². The molecule has 1 aliphatic rings. The molecule has 0 saturated carbocycles. The molecule has 4 heteroatoms. The third-order valence-corrected chi connectivity index (χ3v) is 4.10. The third-order valence-electron chi connectivity index (χ3n) is 2.87. The van der Waals surface area contributed by atoms with Gasteiger partial charge in [-0.2, -0.15) is 0 Å². The van der Waals surface area contributed by atoms with Crippen LogP contribution in [0, 0.1) is 5.92 Å². The minimum atomic E-state index is 0.0182. The van der Waals surface area contributed by atoms with E-state index < -0.39 is 0 Å². The van der Waals surface area contributed by atoms with Crippen LogP contribution in [0.3, 0.4) is 0 Å². The lowest BCUT2D eigenvalue weighted by molar-refractivity contribution is 0.185. The van der Waals surface area contributed by atoms with Gasteiger partial charge in [-0.25, -0.2) is 0 Å². The molecule has 1 saturated heterocycles. The molecule has 1 heterocycles. The number of hydrogen-bond donors (Lipinski definition) is 0. The highest BCUT2D eigenvalue weighted by molar-refractivity contribution is 9.10. The van der Waals surface area contributed by atoms with Crippen LogP contribution in [0.1, 0.15) is 17.4 Å². The van der Waals surface area contributed by atoms with Gasteiger partial charge in [0.1, 0.15) is 5.75 Å². The van der Waals surface area contributed by atoms with Crippen molar-refractivity contribution in [2.45, 2.75) is 11.8 Å². The molecule has 2 rings (SSSR count). The quantitative estimate of drug-likeness (QED) is 0.791. The van der Waals surface area contributed by atoms with Crippen molar-refractivity contribution in [1.82, 2.24) is 0 Å². The second-order valence-electron chi connectivity index (χ2n) is 3.92. The zero-order valence-electron chi connectivity index (χ0n) is 9.08. The number of benzene rings is 1. The molecule has 0 aromatic heterocycles. The van der Waals surface area contributed by atoms with E-state index in [1.165, 1.54) is 0 Å². The summed E-state index contributed by atoms with van der Waals surface area (Å²) >= 11 is 9.91. The molecule has 1 aromatic carbocycles. The van der Waals surface area contributed by atoms with E-state index >= 15 is 0 Å². The van der Waals surface area contributed by atoms with Crippen LogP contribution >= 0.6 is 27.5 Å². The molecule has 0 spiro atoms. The second kappa shape index (κ2) is 5.39. The SMILES string of the molecule is COc1ccc(C(Cl)C2CCOC2)cc1Br. The summed E-state index contributed by atoms with van der Waals surface area (Å²) in [5.74, 6) is 1.25. The molecule has 0 N–H and O–H groups in total. The van der Waals surface area contributed by atoms with Crippen LogP contribution in [-0.2, 0) is 4.74 Å². The number of hydrogen-bond acceptors (Lipinski definition) is 2. The first-order valence-corrected chi connectivity index (χ1v) is 6.50. The van der Waals surface area contributed by atoms with Gasteiger partial charge in [0.15, 0.2) is 0 Å². The van der Waals surface area contributed by atoms with Crippen molar-refractivity contribution in [3.8, 4) is 5.75 Å². The lowest BCUT2D eigenvalue weighted by Gasteiger charge is -2.16. The summed E-state index contributed by atoms with van der Waals surface area (Å²) in [7, 11) is 1.66. The standard InChI is InChI=1S/C12H14BrClO2/c1-15-11-3-2-8(6-10(11)13)12(14)9-4-5-16-7-9/h2-3,6,9,12H,4-5,7H2,1H3. The minimum Gasteiger partial charge on any atom is -0.496 e. The van der Waals surface area contributed by atoms with Gasteiger partial charge in [0, 0.05) is 12.5 Å². The summed E-state index contributed by atoms with van der Waals surface area (Å²) < 4.78 is 11.5. The highest BCUT2D eigenvalue weighted by atomic mass is 79.9. The van der Waals surface area contributed by atoms with Crippen molar-refractivity contribution >= 4 is 27.5 Å². The highest BCUT2D eigenvalue weighted by Crippen LogP contribution is 2.37. The monoisotopic (exact) mass is 304 g/mol. The Morgan fingerprint density at radius 2 is 2.38 bits per heavy atom. The topological polar surface area (TPSA) is 18.5 Å². The predicted molar refractivity (Wildman–Crippen MR) is 68.2 cm³/mol. The van der Waals surface area contributed by atoms with Crippen LogP contribution in [-0.4, -0.2) is 20.3 Å². The van der Waals surface area contributed by atoms with Crippen LogP contribution in [0.4, 0.5) is 0 Å². The van der Waals surface area contributed by atoms with Crippen molar-refractivity contribution in [2.75, 3.05) is 20.3 Å². The minimum absolute atomic E-state index is 0.0182. The number of alkyl halides is 1. The Labute approximate surface area is 109 Å². The van der Waals surface area contributed by atoms with Gasteiger partial charge >= 0.3 is 0 Å². The second-order valence-corrected chi connectivity index (χ2v) is 5.24. The molecule has 1 fully saturated rings. The van der Waals surface area contributed by atoms with Crippen molar-refractivity contribution in [1.29, 1.82) is 0 Å². The van der Waals surface area contributed by atoms with E-state index in [0.29, 0.717) is 5.92 Å². The number of ether oxygens (including phenoxy) is 2. The Hall–Kier alpha value is -0.250. The van der Waals surface area contributed by atoms with Crippen molar-refractivity contribution in [3.63, 3.8) is 0 Å². The molecular formula is C12H14BrClO2. The fraction of sp³-hybridized carbons (Fsp3) is 0.500. The fourth-order valence-electron chi connectivity index (χ4n) is 1.91. The molecule has 2 atom stereocenters. The Bertz CT molecular complexity index is 364. The Morgan fingerprint density at radius 1 is 1.56 bits per heavy atom. The van der Waals surface area contributed by atoms with E-state index in [0.717, 1.165) is 35.4 Å². The lowest BCUT2D eigenvalue weighted by Crippen LogP contribution is -2.07. The van der Waals surface area contributed by atoms with E-state index in [4.69, 9.17) is 21.1 Å². The lowest BCUT2D eigenvalue weighted by atomic mass is 9.98. The maximum absolute atomic E-state index is 6.44. The van der Waals surface area contributed by atoms with Gasteiger partial charge in [0.25, 0.3) is 0 Å². The van der Waals surface area contributed by atoms with Gasteiger partial charge in [0.05, 0.1) is 23.6 Å². The molecule has 0 amide bonds. The molecule has 0 aliphatic carbocycles. The first-order chi connectivity index (χ1) is 7.72. The maximum atomic E-state index is 6.44. The average molecular weight is 306 g/mol. The molecule has 88 valence electrons. The van der Waals surface area contributed by atoms with Crippen LogP contribution < -0.4 is 4.74 Å². The van der Waals surface area contributed by atoms with Crippen LogP contribution in [0.25, 0.3) is 0 Å². The Kier molecular flexibility index (Phi) is 4.11. The number of rotatable bonds is 3. The van der Waals surface area contributed by atoms with Gasteiger partial charge in [0.2, 0.25) is 0 Å². The molecule has 0 bridgehead atoms. The van der Waals surface area contributed by atoms with Gasteiger partial charge in [-0.1, -0.05) is 6.07 Å². The van der Waals surface area contributed by atoms with Crippen LogP contribution in [0.15, 0.2) is 22.7 Å². The fourth-order valence-corrected chi connectivity index (χ4v) is 2.80. The molecule has 2 unspecified atom stereocenters. The first-order valence-electron chi connectivity index (χ1n) is 5.27. The summed E-state index contributed by atoms with van der Waals surface area (Å²) in [5, 5.41) is 0.0182. The van der Waals surface area contributed by atoms with E-state index in [9.17, 15) is 0 Å². The zero-order chi connectivity index (χ0) is 11.5. The average Bonchev–Trinajstić information content (AvgIpc) is 2.81. The molecule has 1 aromatic rings. The smallest absolute Gasteiger partial charge is 0.133 e. The van der Waals surface area contributed by atoms with Gasteiger partial charge < -0.3 is 9.47 Å². The predicted octanol–water partition coefficient (Wildman–Crippen LogP) is 3.77. The van der Waals surface area contributed by atoms with Gasteiger partial charge in [-0.05, 0) is 40.0 Å². The first kappa shape index (κ1) is 12.2. The molecule has 1 aliphatic heterocycles. The molecule has 0 radical (unpaired) electrons. The highest BCUT2D eigenvalue weighted by Gasteiger charge is 2.25. The molecule has 16 heavy (non-hydrogen) atoms. The molecular weight excluding hydrogens is 291 g/mol. The summed E-state index contributed by atoms with van der Waals surface area (Å²) in [6.45, 7) is 1.59. The summed E-state index contributed by atoms with van der Waals surface area (Å²) in [4.78, 5) is 0. The van der Waals surface area contributed by atoms with E-state index in [2.05, 4.69) is 15.9 Å². The van der Waals surface area contributed by atoms with Crippen molar-refractivity contribution in [3.05, 3.63) is 28.2 Å². The van der Waals surface area contributed by atoms with Crippen molar-refractivity contribution < 1.29 is 9.47 Å². The van der Waals surface area contributed by atoms with E-state index in [1.807, 2.05) is 18.2 Å². The third kappa shape index (κ3) is 2.53. The summed E-state index contributed by atoms with van der Waals surface area (Å²) in [6.07, 6.45) is 1.04. The van der Waals surface area contributed by atoms with Crippen molar-refractivity contribution in [2.24, 2.45) is 5.92 Å². The van der Waals surface area contributed by atoms with Gasteiger partial charge in [-0.3, -0.25) is 0 Å². The maximum Gasteiger partial charge on any atom is 0.133 e. The normalized spacial score (nSPS) is 22.1. The molecule has 2 nitrogen and oxygen atoms in total.